The van der Waals surface area contributed by atoms with Gasteiger partial charge in [0.2, 0.25) is 5.91 Å². The molecule has 1 atom stereocenters. The van der Waals surface area contributed by atoms with Gasteiger partial charge in [0, 0.05) is 30.1 Å². The molecule has 1 N–H and O–H groups in total. The van der Waals surface area contributed by atoms with Crippen molar-refractivity contribution in [2.24, 2.45) is 0 Å². The van der Waals surface area contributed by atoms with Crippen molar-refractivity contribution in [3.8, 4) is 0 Å². The van der Waals surface area contributed by atoms with E-state index >= 15 is 0 Å². The zero-order chi connectivity index (χ0) is 15.2. The van der Waals surface area contributed by atoms with Crippen LogP contribution in [0.1, 0.15) is 45.1 Å². The van der Waals surface area contributed by atoms with Crippen LogP contribution in [0.3, 0.4) is 0 Å². The molecule has 2 rings (SSSR count). The summed E-state index contributed by atoms with van der Waals surface area (Å²) in [5.74, 6) is 0.235. The standard InChI is InChI=1S/C17H25ClN2O.ClH/c1-13(2)20(12-14-5-3-6-15(18)11-14)17(21)9-8-16-7-4-10-19-16;/h3,5-6,11,13,16,19H,4,7-10,12H2,1-2H3;1H. The Morgan fingerprint density at radius 1 is 1.45 bits per heavy atom. The Labute approximate surface area is 144 Å². The zero-order valence-electron chi connectivity index (χ0n) is 13.3. The van der Waals surface area contributed by atoms with Crippen molar-refractivity contribution in [3.63, 3.8) is 0 Å². The summed E-state index contributed by atoms with van der Waals surface area (Å²) in [6, 6.07) is 8.47. The van der Waals surface area contributed by atoms with Crippen LogP contribution in [0.15, 0.2) is 24.3 Å². The van der Waals surface area contributed by atoms with Crippen LogP contribution in [0.25, 0.3) is 0 Å². The number of nitrogens with zero attached hydrogens (tertiary/aromatic N) is 1. The van der Waals surface area contributed by atoms with Crippen molar-refractivity contribution in [1.29, 1.82) is 0 Å². The summed E-state index contributed by atoms with van der Waals surface area (Å²) >= 11 is 6.02. The molecular formula is C17H26Cl2N2O. The van der Waals surface area contributed by atoms with Crippen LogP contribution in [0.2, 0.25) is 5.02 Å². The second kappa shape index (κ2) is 9.39. The van der Waals surface area contributed by atoms with Gasteiger partial charge >= 0.3 is 0 Å². The number of benzene rings is 1. The molecule has 0 aromatic heterocycles. The molecule has 1 aliphatic rings. The third-order valence-corrected chi connectivity index (χ3v) is 4.29. The number of nitrogens with one attached hydrogen (secondary N) is 1. The summed E-state index contributed by atoms with van der Waals surface area (Å²) in [6.07, 6.45) is 3.99. The first-order valence-corrected chi connectivity index (χ1v) is 8.21. The second-order valence-electron chi connectivity index (χ2n) is 6.08. The molecule has 0 aliphatic carbocycles. The Balaban J connectivity index is 0.00000242. The van der Waals surface area contributed by atoms with Gasteiger partial charge in [-0.2, -0.15) is 0 Å². The smallest absolute Gasteiger partial charge is 0.223 e. The van der Waals surface area contributed by atoms with Gasteiger partial charge in [-0.05, 0) is 57.4 Å². The van der Waals surface area contributed by atoms with E-state index in [4.69, 9.17) is 11.6 Å². The molecule has 22 heavy (non-hydrogen) atoms. The molecule has 1 heterocycles. The first kappa shape index (κ1) is 19.3. The SMILES string of the molecule is CC(C)N(Cc1cccc(Cl)c1)C(=O)CCC1CCCN1.Cl. The third-order valence-electron chi connectivity index (χ3n) is 4.05. The van der Waals surface area contributed by atoms with Gasteiger partial charge in [-0.15, -0.1) is 12.4 Å². The zero-order valence-corrected chi connectivity index (χ0v) is 14.9. The minimum absolute atomic E-state index is 0. The fraction of sp³-hybridized carbons (Fsp3) is 0.588. The minimum atomic E-state index is 0. The summed E-state index contributed by atoms with van der Waals surface area (Å²) in [7, 11) is 0. The van der Waals surface area contributed by atoms with Gasteiger partial charge in [0.15, 0.2) is 0 Å². The molecule has 1 aliphatic heterocycles. The molecule has 3 nitrogen and oxygen atoms in total. The van der Waals surface area contributed by atoms with Crippen LogP contribution in [0.5, 0.6) is 0 Å². The molecule has 0 radical (unpaired) electrons. The van der Waals surface area contributed by atoms with Crippen molar-refractivity contribution < 1.29 is 4.79 Å². The number of amides is 1. The fourth-order valence-corrected chi connectivity index (χ4v) is 3.05. The molecule has 1 aromatic carbocycles. The highest BCUT2D eigenvalue weighted by Crippen LogP contribution is 2.17. The molecular weight excluding hydrogens is 319 g/mol. The predicted octanol–water partition coefficient (Wildman–Crippen LogP) is 4.03. The summed E-state index contributed by atoms with van der Waals surface area (Å²) in [5, 5.41) is 4.17. The summed E-state index contributed by atoms with van der Waals surface area (Å²) < 4.78 is 0. The second-order valence-corrected chi connectivity index (χ2v) is 6.51. The molecule has 1 unspecified atom stereocenters. The van der Waals surface area contributed by atoms with Gasteiger partial charge in [0.1, 0.15) is 0 Å². The van der Waals surface area contributed by atoms with E-state index < -0.39 is 0 Å². The molecule has 1 aromatic rings. The van der Waals surface area contributed by atoms with E-state index in [1.54, 1.807) is 0 Å². The van der Waals surface area contributed by atoms with E-state index in [0.29, 0.717) is 19.0 Å². The molecule has 1 fully saturated rings. The van der Waals surface area contributed by atoms with Crippen LogP contribution in [0.4, 0.5) is 0 Å². The number of halogens is 2. The van der Waals surface area contributed by atoms with Crippen molar-refractivity contribution in [2.45, 2.75) is 58.2 Å². The van der Waals surface area contributed by atoms with Crippen LogP contribution in [-0.2, 0) is 11.3 Å². The number of rotatable bonds is 6. The van der Waals surface area contributed by atoms with Crippen molar-refractivity contribution in [3.05, 3.63) is 34.9 Å². The Bertz CT molecular complexity index is 473. The lowest BCUT2D eigenvalue weighted by atomic mass is 10.1. The highest BCUT2D eigenvalue weighted by atomic mass is 35.5. The van der Waals surface area contributed by atoms with Crippen LogP contribution in [0, 0.1) is 0 Å². The summed E-state index contributed by atoms with van der Waals surface area (Å²) in [5.41, 5.74) is 1.09. The van der Waals surface area contributed by atoms with Gasteiger partial charge in [-0.1, -0.05) is 23.7 Å². The quantitative estimate of drug-likeness (QED) is 0.844. The van der Waals surface area contributed by atoms with Gasteiger partial charge in [-0.25, -0.2) is 0 Å². The lowest BCUT2D eigenvalue weighted by Gasteiger charge is -2.27. The number of carbonyl (C=O) groups excluding carboxylic acids is 1. The molecule has 124 valence electrons. The van der Waals surface area contributed by atoms with Crippen LogP contribution >= 0.6 is 24.0 Å². The van der Waals surface area contributed by atoms with Crippen molar-refractivity contribution in [1.82, 2.24) is 10.2 Å². The van der Waals surface area contributed by atoms with Gasteiger partial charge in [-0.3, -0.25) is 4.79 Å². The Hall–Kier alpha value is -0.770. The van der Waals surface area contributed by atoms with E-state index in [0.717, 1.165) is 23.6 Å². The monoisotopic (exact) mass is 344 g/mol. The van der Waals surface area contributed by atoms with Crippen LogP contribution in [-0.4, -0.2) is 29.4 Å². The molecule has 1 amide bonds. The Morgan fingerprint density at radius 2 is 2.23 bits per heavy atom. The first-order chi connectivity index (χ1) is 10.1. The highest BCUT2D eigenvalue weighted by Gasteiger charge is 2.20. The van der Waals surface area contributed by atoms with E-state index in [2.05, 4.69) is 19.2 Å². The first-order valence-electron chi connectivity index (χ1n) is 7.83. The van der Waals surface area contributed by atoms with E-state index in [9.17, 15) is 4.79 Å². The molecule has 5 heteroatoms. The maximum absolute atomic E-state index is 12.5. The van der Waals surface area contributed by atoms with Gasteiger partial charge in [0.05, 0.1) is 0 Å². The Morgan fingerprint density at radius 3 is 2.82 bits per heavy atom. The lowest BCUT2D eigenvalue weighted by molar-refractivity contribution is -0.133. The van der Waals surface area contributed by atoms with Crippen LogP contribution < -0.4 is 5.32 Å². The van der Waals surface area contributed by atoms with E-state index in [1.165, 1.54) is 12.8 Å². The molecule has 0 spiro atoms. The summed E-state index contributed by atoms with van der Waals surface area (Å²) in [6.45, 7) is 5.86. The van der Waals surface area contributed by atoms with Crippen molar-refractivity contribution >= 4 is 29.9 Å². The molecule has 0 saturated carbocycles. The maximum atomic E-state index is 12.5. The topological polar surface area (TPSA) is 32.3 Å². The maximum Gasteiger partial charge on any atom is 0.223 e. The largest absolute Gasteiger partial charge is 0.336 e. The van der Waals surface area contributed by atoms with Gasteiger partial charge < -0.3 is 10.2 Å². The average molecular weight is 345 g/mol. The molecule has 0 bridgehead atoms. The number of hydrogen-bond acceptors (Lipinski definition) is 2. The average Bonchev–Trinajstić information content (AvgIpc) is 2.95. The number of carbonyl (C=O) groups is 1. The highest BCUT2D eigenvalue weighted by molar-refractivity contribution is 6.30. The normalized spacial score (nSPS) is 17.4. The van der Waals surface area contributed by atoms with E-state index in [-0.39, 0.29) is 24.4 Å². The lowest BCUT2D eigenvalue weighted by Crippen LogP contribution is -2.37. The van der Waals surface area contributed by atoms with Gasteiger partial charge in [0.25, 0.3) is 0 Å². The fourth-order valence-electron chi connectivity index (χ4n) is 2.84. The number of hydrogen-bond donors (Lipinski definition) is 1. The van der Waals surface area contributed by atoms with Crippen molar-refractivity contribution in [2.75, 3.05) is 6.54 Å². The summed E-state index contributed by atoms with van der Waals surface area (Å²) in [4.78, 5) is 14.4. The van der Waals surface area contributed by atoms with E-state index in [1.807, 2.05) is 29.2 Å². The Kier molecular flexibility index (Phi) is 8.23. The third kappa shape index (κ3) is 5.79. The minimum Gasteiger partial charge on any atom is -0.336 e. The molecule has 1 saturated heterocycles. The predicted molar refractivity (Wildman–Crippen MR) is 94.6 cm³/mol.